The molecule has 0 radical (unpaired) electrons. The molecule has 1 heterocycles. The van der Waals surface area contributed by atoms with Crippen LogP contribution in [0.1, 0.15) is 0 Å². The van der Waals surface area contributed by atoms with Crippen molar-refractivity contribution in [3.05, 3.63) is 53.1 Å². The first-order chi connectivity index (χ1) is 9.31. The van der Waals surface area contributed by atoms with E-state index >= 15 is 0 Å². The van der Waals surface area contributed by atoms with Gasteiger partial charge in [0.25, 0.3) is 10.0 Å². The van der Waals surface area contributed by atoms with Gasteiger partial charge in [-0.25, -0.2) is 26.6 Å². The molecule has 2 aromatic rings. The maximum Gasteiger partial charge on any atom is 0.265 e. The fourth-order valence-corrected chi connectivity index (χ4v) is 2.88. The second kappa shape index (κ2) is 5.29. The zero-order valence-corrected chi connectivity index (χ0v) is 11.1. The Morgan fingerprint density at radius 2 is 1.75 bits per heavy atom. The van der Waals surface area contributed by atoms with Crippen LogP contribution in [-0.2, 0) is 10.0 Å². The van der Waals surface area contributed by atoms with Gasteiger partial charge in [0.15, 0.2) is 11.6 Å². The number of hydrogen-bond acceptors (Lipinski definition) is 3. The molecule has 0 aliphatic heterocycles. The number of hydrogen-bond donors (Lipinski definition) is 1. The number of halogens is 4. The van der Waals surface area contributed by atoms with Crippen molar-refractivity contribution in [1.82, 2.24) is 4.98 Å². The molecule has 106 valence electrons. The second-order valence-corrected chi connectivity index (χ2v) is 5.65. The van der Waals surface area contributed by atoms with Gasteiger partial charge < -0.3 is 0 Å². The van der Waals surface area contributed by atoms with Crippen LogP contribution >= 0.6 is 11.6 Å². The molecular weight excluding hydrogens is 317 g/mol. The predicted molar refractivity (Wildman–Crippen MR) is 66.4 cm³/mol. The van der Waals surface area contributed by atoms with Crippen molar-refractivity contribution in [1.29, 1.82) is 0 Å². The second-order valence-electron chi connectivity index (χ2n) is 3.64. The Bertz CT molecular complexity index is 768. The third kappa shape index (κ3) is 2.86. The van der Waals surface area contributed by atoms with Gasteiger partial charge in [-0.1, -0.05) is 11.6 Å². The highest BCUT2D eigenvalue weighted by atomic mass is 35.5. The number of aromatic nitrogens is 1. The Balaban J connectivity index is 2.44. The molecule has 0 bridgehead atoms. The molecule has 0 spiro atoms. The summed E-state index contributed by atoms with van der Waals surface area (Å²) in [4.78, 5) is 3.15. The van der Waals surface area contributed by atoms with E-state index in [9.17, 15) is 21.6 Å². The first-order valence-electron chi connectivity index (χ1n) is 5.09. The van der Waals surface area contributed by atoms with E-state index in [0.717, 1.165) is 6.07 Å². The summed E-state index contributed by atoms with van der Waals surface area (Å²) in [5.74, 6) is -4.07. The maximum absolute atomic E-state index is 13.4. The van der Waals surface area contributed by atoms with Crippen LogP contribution in [0.2, 0.25) is 5.15 Å². The van der Waals surface area contributed by atoms with Gasteiger partial charge in [-0.3, -0.25) is 4.72 Å². The summed E-state index contributed by atoms with van der Waals surface area (Å²) >= 11 is 5.61. The van der Waals surface area contributed by atoms with Crippen LogP contribution in [0.5, 0.6) is 0 Å². The van der Waals surface area contributed by atoms with Crippen LogP contribution in [0.15, 0.2) is 35.4 Å². The third-order valence-corrected chi connectivity index (χ3v) is 4.08. The lowest BCUT2D eigenvalue weighted by atomic mass is 10.3. The van der Waals surface area contributed by atoms with E-state index in [1.54, 1.807) is 4.72 Å². The minimum Gasteiger partial charge on any atom is -0.276 e. The van der Waals surface area contributed by atoms with Crippen molar-refractivity contribution >= 4 is 27.3 Å². The van der Waals surface area contributed by atoms with E-state index < -0.39 is 38.1 Å². The van der Waals surface area contributed by atoms with Crippen LogP contribution in [-0.4, -0.2) is 13.4 Å². The highest BCUT2D eigenvalue weighted by Gasteiger charge is 2.21. The molecule has 0 saturated heterocycles. The molecule has 0 amide bonds. The van der Waals surface area contributed by atoms with Gasteiger partial charge in [0.1, 0.15) is 15.9 Å². The molecule has 0 aliphatic carbocycles. The van der Waals surface area contributed by atoms with Crippen molar-refractivity contribution in [2.75, 3.05) is 4.72 Å². The third-order valence-electron chi connectivity index (χ3n) is 2.27. The summed E-state index contributed by atoms with van der Waals surface area (Å²) in [6, 6.07) is 3.07. The fraction of sp³-hybridized carbons (Fsp3) is 0. The number of sulfonamides is 1. The maximum atomic E-state index is 13.4. The molecule has 4 nitrogen and oxygen atoms in total. The Kier molecular flexibility index (Phi) is 3.87. The molecule has 0 unspecified atom stereocenters. The monoisotopic (exact) mass is 322 g/mol. The summed E-state index contributed by atoms with van der Waals surface area (Å²) in [5.41, 5.74) is -0.733. The smallest absolute Gasteiger partial charge is 0.265 e. The van der Waals surface area contributed by atoms with E-state index in [1.165, 1.54) is 12.3 Å². The van der Waals surface area contributed by atoms with Gasteiger partial charge in [-0.15, -0.1) is 0 Å². The summed E-state index contributed by atoms with van der Waals surface area (Å²) in [6.07, 6.45) is 1.26. The van der Waals surface area contributed by atoms with Crippen molar-refractivity contribution in [2.24, 2.45) is 0 Å². The Labute approximate surface area is 117 Å². The molecule has 1 aromatic carbocycles. The quantitative estimate of drug-likeness (QED) is 0.698. The van der Waals surface area contributed by atoms with Crippen LogP contribution in [0, 0.1) is 17.5 Å². The Hall–Kier alpha value is -1.80. The summed E-state index contributed by atoms with van der Waals surface area (Å²) in [7, 11) is -4.27. The largest absolute Gasteiger partial charge is 0.276 e. The van der Waals surface area contributed by atoms with Gasteiger partial charge in [-0.2, -0.15) is 0 Å². The fourth-order valence-electron chi connectivity index (χ4n) is 1.37. The van der Waals surface area contributed by atoms with E-state index in [0.29, 0.717) is 6.07 Å². The SMILES string of the molecule is O=S(=O)(Nc1cc(F)c(F)cc1F)c1cccnc1Cl. The zero-order valence-electron chi connectivity index (χ0n) is 9.57. The molecule has 9 heteroatoms. The summed E-state index contributed by atoms with van der Waals surface area (Å²) in [6.45, 7) is 0. The molecule has 0 aliphatic rings. The minimum atomic E-state index is -4.27. The molecule has 0 fully saturated rings. The lowest BCUT2D eigenvalue weighted by Crippen LogP contribution is -2.15. The van der Waals surface area contributed by atoms with Crippen molar-refractivity contribution in [2.45, 2.75) is 4.90 Å². The molecule has 0 atom stereocenters. The van der Waals surface area contributed by atoms with Gasteiger partial charge in [0.2, 0.25) is 0 Å². The van der Waals surface area contributed by atoms with Crippen LogP contribution in [0.3, 0.4) is 0 Å². The van der Waals surface area contributed by atoms with E-state index in [2.05, 4.69) is 4.98 Å². The van der Waals surface area contributed by atoms with Crippen molar-refractivity contribution < 1.29 is 21.6 Å². The molecular formula is C11H6ClF3N2O2S. The van der Waals surface area contributed by atoms with Crippen LogP contribution in [0.4, 0.5) is 18.9 Å². The standard InChI is InChI=1S/C11H6ClF3N2O2S/c12-11-10(2-1-3-16-11)20(18,19)17-9-5-7(14)6(13)4-8(9)15/h1-5,17H. The number of anilines is 1. The average Bonchev–Trinajstić information content (AvgIpc) is 2.36. The lowest BCUT2D eigenvalue weighted by Gasteiger charge is -2.10. The van der Waals surface area contributed by atoms with Gasteiger partial charge in [-0.05, 0) is 12.1 Å². The molecule has 20 heavy (non-hydrogen) atoms. The Morgan fingerprint density at radius 1 is 1.10 bits per heavy atom. The number of nitrogens with one attached hydrogen (secondary N) is 1. The van der Waals surface area contributed by atoms with E-state index in [-0.39, 0.29) is 11.2 Å². The lowest BCUT2D eigenvalue weighted by molar-refractivity contribution is 0.496. The highest BCUT2D eigenvalue weighted by Crippen LogP contribution is 2.24. The zero-order chi connectivity index (χ0) is 14.9. The first-order valence-corrected chi connectivity index (χ1v) is 6.95. The minimum absolute atomic E-state index is 0.234. The van der Waals surface area contributed by atoms with E-state index in [4.69, 9.17) is 11.6 Å². The number of benzene rings is 1. The highest BCUT2D eigenvalue weighted by molar-refractivity contribution is 7.92. The van der Waals surface area contributed by atoms with Crippen LogP contribution in [0.25, 0.3) is 0 Å². The summed E-state index contributed by atoms with van der Waals surface area (Å²) in [5, 5.41) is -0.331. The number of rotatable bonds is 3. The topological polar surface area (TPSA) is 59.1 Å². The average molecular weight is 323 g/mol. The Morgan fingerprint density at radius 3 is 2.40 bits per heavy atom. The molecule has 1 N–H and O–H groups in total. The number of nitrogens with zero attached hydrogens (tertiary/aromatic N) is 1. The normalized spacial score (nSPS) is 11.4. The molecule has 0 saturated carbocycles. The van der Waals surface area contributed by atoms with Crippen molar-refractivity contribution in [3.63, 3.8) is 0 Å². The van der Waals surface area contributed by atoms with Crippen LogP contribution < -0.4 is 4.72 Å². The number of pyridine rings is 1. The van der Waals surface area contributed by atoms with Crippen molar-refractivity contribution in [3.8, 4) is 0 Å². The van der Waals surface area contributed by atoms with Gasteiger partial charge in [0, 0.05) is 18.3 Å². The molecule has 2 rings (SSSR count). The summed E-state index contributed by atoms with van der Waals surface area (Å²) < 4.78 is 64.8. The van der Waals surface area contributed by atoms with E-state index in [1.807, 2.05) is 0 Å². The van der Waals surface area contributed by atoms with Gasteiger partial charge in [0.05, 0.1) is 5.69 Å². The molecule has 1 aromatic heterocycles. The first kappa shape index (κ1) is 14.6. The van der Waals surface area contributed by atoms with Gasteiger partial charge >= 0.3 is 0 Å². The predicted octanol–water partition coefficient (Wildman–Crippen LogP) is 2.95.